The second kappa shape index (κ2) is 4.98. The van der Waals surface area contributed by atoms with Crippen molar-refractivity contribution in [3.63, 3.8) is 0 Å². The number of ketones is 1. The zero-order valence-electron chi connectivity index (χ0n) is 10.9. The summed E-state index contributed by atoms with van der Waals surface area (Å²) in [6.07, 6.45) is -1.20. The van der Waals surface area contributed by atoms with Crippen molar-refractivity contribution in [2.75, 3.05) is 7.11 Å². The Balaban J connectivity index is 2.03. The number of methoxy groups -OCH3 is 1. The van der Waals surface area contributed by atoms with Gasteiger partial charge in [-0.25, -0.2) is 0 Å². The fourth-order valence-corrected chi connectivity index (χ4v) is 2.40. The van der Waals surface area contributed by atoms with Crippen LogP contribution in [0.5, 0.6) is 11.5 Å². The third kappa shape index (κ3) is 2.04. The maximum Gasteiger partial charge on any atom is 0.199 e. The average molecular weight is 270 g/mol. The van der Waals surface area contributed by atoms with Crippen LogP contribution in [0.4, 0.5) is 0 Å². The lowest BCUT2D eigenvalue weighted by Gasteiger charge is -2.31. The van der Waals surface area contributed by atoms with Crippen molar-refractivity contribution in [2.45, 2.75) is 12.2 Å². The maximum absolute atomic E-state index is 12.4. The first kappa shape index (κ1) is 12.7. The molecule has 1 heterocycles. The standard InChI is InChI=1S/C16H14O4/c1-19-16-14(18)12-4-2-3-5-13(12)20-15(16)10-6-8-11(17)9-7-10/h2-9,15-17H,1H3/t15-,16-/m0/s1. The number of phenols is 1. The van der Waals surface area contributed by atoms with Crippen LogP contribution in [0, 0.1) is 0 Å². The van der Waals surface area contributed by atoms with Gasteiger partial charge in [-0.3, -0.25) is 4.79 Å². The van der Waals surface area contributed by atoms with Crippen molar-refractivity contribution in [1.82, 2.24) is 0 Å². The Morgan fingerprint density at radius 1 is 1.10 bits per heavy atom. The van der Waals surface area contributed by atoms with E-state index in [9.17, 15) is 9.90 Å². The smallest absolute Gasteiger partial charge is 0.199 e. The van der Waals surface area contributed by atoms with Gasteiger partial charge in [-0.2, -0.15) is 0 Å². The van der Waals surface area contributed by atoms with E-state index < -0.39 is 12.2 Å². The summed E-state index contributed by atoms with van der Waals surface area (Å²) in [6, 6.07) is 13.7. The quantitative estimate of drug-likeness (QED) is 0.911. The van der Waals surface area contributed by atoms with Gasteiger partial charge in [0.1, 0.15) is 11.5 Å². The molecule has 0 saturated heterocycles. The number of aromatic hydroxyl groups is 1. The van der Waals surface area contributed by atoms with Crippen LogP contribution in [0.15, 0.2) is 48.5 Å². The van der Waals surface area contributed by atoms with Gasteiger partial charge in [-0.05, 0) is 29.8 Å². The minimum atomic E-state index is -0.686. The number of phenolic OH excluding ortho intramolecular Hbond substituents is 1. The largest absolute Gasteiger partial charge is 0.508 e. The monoisotopic (exact) mass is 270 g/mol. The second-order valence-corrected chi connectivity index (χ2v) is 4.65. The average Bonchev–Trinajstić information content (AvgIpc) is 2.48. The van der Waals surface area contributed by atoms with Crippen molar-refractivity contribution in [1.29, 1.82) is 0 Å². The normalized spacial score (nSPS) is 21.1. The molecule has 102 valence electrons. The van der Waals surface area contributed by atoms with Crippen LogP contribution in [-0.2, 0) is 4.74 Å². The van der Waals surface area contributed by atoms with Gasteiger partial charge in [0.2, 0.25) is 0 Å². The van der Waals surface area contributed by atoms with E-state index in [0.717, 1.165) is 5.56 Å². The fourth-order valence-electron chi connectivity index (χ4n) is 2.40. The summed E-state index contributed by atoms with van der Waals surface area (Å²) in [4.78, 5) is 12.4. The molecular weight excluding hydrogens is 256 g/mol. The van der Waals surface area contributed by atoms with Crippen LogP contribution >= 0.6 is 0 Å². The predicted molar refractivity (Wildman–Crippen MR) is 73.0 cm³/mol. The van der Waals surface area contributed by atoms with E-state index in [4.69, 9.17) is 9.47 Å². The molecule has 4 heteroatoms. The highest BCUT2D eigenvalue weighted by Gasteiger charge is 2.38. The van der Waals surface area contributed by atoms with Gasteiger partial charge in [0.25, 0.3) is 0 Å². The molecule has 2 atom stereocenters. The highest BCUT2D eigenvalue weighted by atomic mass is 16.5. The van der Waals surface area contributed by atoms with Gasteiger partial charge >= 0.3 is 0 Å². The van der Waals surface area contributed by atoms with E-state index >= 15 is 0 Å². The summed E-state index contributed by atoms with van der Waals surface area (Å²) in [5.74, 6) is 0.640. The Hall–Kier alpha value is -2.33. The third-order valence-electron chi connectivity index (χ3n) is 3.42. The van der Waals surface area contributed by atoms with Crippen LogP contribution in [-0.4, -0.2) is 24.1 Å². The Kier molecular flexibility index (Phi) is 3.16. The molecule has 1 aliphatic rings. The van der Waals surface area contributed by atoms with Crippen molar-refractivity contribution < 1.29 is 19.4 Å². The number of hydrogen-bond acceptors (Lipinski definition) is 4. The van der Waals surface area contributed by atoms with Crippen LogP contribution in [0.25, 0.3) is 0 Å². The van der Waals surface area contributed by atoms with E-state index in [1.807, 2.05) is 6.07 Å². The van der Waals surface area contributed by atoms with Crippen molar-refractivity contribution in [3.8, 4) is 11.5 Å². The molecule has 20 heavy (non-hydrogen) atoms. The van der Waals surface area contributed by atoms with E-state index in [0.29, 0.717) is 11.3 Å². The summed E-state index contributed by atoms with van der Waals surface area (Å²) >= 11 is 0. The predicted octanol–water partition coefficient (Wildman–Crippen LogP) is 2.72. The summed E-state index contributed by atoms with van der Waals surface area (Å²) in [5.41, 5.74) is 1.33. The molecule has 0 bridgehead atoms. The summed E-state index contributed by atoms with van der Waals surface area (Å²) in [7, 11) is 1.49. The summed E-state index contributed by atoms with van der Waals surface area (Å²) < 4.78 is 11.2. The van der Waals surface area contributed by atoms with E-state index in [-0.39, 0.29) is 11.5 Å². The van der Waals surface area contributed by atoms with Crippen LogP contribution in [0.1, 0.15) is 22.0 Å². The molecule has 3 rings (SSSR count). The van der Waals surface area contributed by atoms with E-state index in [1.165, 1.54) is 7.11 Å². The van der Waals surface area contributed by atoms with Gasteiger partial charge < -0.3 is 14.6 Å². The van der Waals surface area contributed by atoms with Gasteiger partial charge in [0, 0.05) is 7.11 Å². The van der Waals surface area contributed by atoms with Crippen molar-refractivity contribution in [2.24, 2.45) is 0 Å². The molecule has 0 saturated carbocycles. The zero-order chi connectivity index (χ0) is 14.1. The minimum Gasteiger partial charge on any atom is -0.508 e. The third-order valence-corrected chi connectivity index (χ3v) is 3.42. The number of carbonyl (C=O) groups excluding carboxylic acids is 1. The maximum atomic E-state index is 12.4. The Labute approximate surface area is 116 Å². The molecule has 0 spiro atoms. The second-order valence-electron chi connectivity index (χ2n) is 4.65. The van der Waals surface area contributed by atoms with Gasteiger partial charge in [-0.1, -0.05) is 24.3 Å². The number of ether oxygens (including phenoxy) is 2. The molecule has 0 fully saturated rings. The number of benzene rings is 2. The lowest BCUT2D eigenvalue weighted by Crippen LogP contribution is -2.37. The van der Waals surface area contributed by atoms with Crippen LogP contribution < -0.4 is 4.74 Å². The van der Waals surface area contributed by atoms with Gasteiger partial charge in [0.15, 0.2) is 18.0 Å². The zero-order valence-corrected chi connectivity index (χ0v) is 10.9. The Bertz CT molecular complexity index is 633. The molecule has 0 aromatic heterocycles. The summed E-state index contributed by atoms with van der Waals surface area (Å²) in [5, 5.41) is 9.35. The number of rotatable bonds is 2. The first-order chi connectivity index (χ1) is 9.70. The Morgan fingerprint density at radius 2 is 1.80 bits per heavy atom. The number of carbonyl (C=O) groups is 1. The lowest BCUT2D eigenvalue weighted by molar-refractivity contribution is -0.000610. The molecule has 2 aromatic carbocycles. The Morgan fingerprint density at radius 3 is 2.50 bits per heavy atom. The van der Waals surface area contributed by atoms with E-state index in [2.05, 4.69) is 0 Å². The molecule has 0 unspecified atom stereocenters. The van der Waals surface area contributed by atoms with Crippen molar-refractivity contribution in [3.05, 3.63) is 59.7 Å². The minimum absolute atomic E-state index is 0.0903. The number of hydrogen-bond donors (Lipinski definition) is 1. The molecular formula is C16H14O4. The first-order valence-electron chi connectivity index (χ1n) is 6.32. The molecule has 0 amide bonds. The molecule has 1 aliphatic heterocycles. The van der Waals surface area contributed by atoms with Crippen LogP contribution in [0.2, 0.25) is 0 Å². The van der Waals surface area contributed by atoms with Crippen molar-refractivity contribution >= 4 is 5.78 Å². The van der Waals surface area contributed by atoms with E-state index in [1.54, 1.807) is 42.5 Å². The highest BCUT2D eigenvalue weighted by molar-refractivity contribution is 6.03. The van der Waals surface area contributed by atoms with Gasteiger partial charge in [-0.15, -0.1) is 0 Å². The molecule has 0 aliphatic carbocycles. The molecule has 1 N–H and O–H groups in total. The van der Waals surface area contributed by atoms with Gasteiger partial charge in [0.05, 0.1) is 5.56 Å². The molecule has 4 nitrogen and oxygen atoms in total. The molecule has 2 aromatic rings. The number of Topliss-reactive ketones (excluding diaryl/α,β-unsaturated/α-hetero) is 1. The van der Waals surface area contributed by atoms with Crippen LogP contribution in [0.3, 0.4) is 0 Å². The first-order valence-corrected chi connectivity index (χ1v) is 6.32. The SMILES string of the molecule is CO[C@H]1C(=O)c2ccccc2O[C@H]1c1ccc(O)cc1. The number of para-hydroxylation sites is 1. The highest BCUT2D eigenvalue weighted by Crippen LogP contribution is 2.36. The topological polar surface area (TPSA) is 55.8 Å². The fraction of sp³-hybridized carbons (Fsp3) is 0.188. The molecule has 0 radical (unpaired) electrons. The number of fused-ring (bicyclic) bond motifs is 1. The lowest BCUT2D eigenvalue weighted by atomic mass is 9.93. The summed E-state index contributed by atoms with van der Waals surface area (Å²) in [6.45, 7) is 0.